The van der Waals surface area contributed by atoms with Gasteiger partial charge in [-0.2, -0.15) is 0 Å². The number of benzene rings is 3. The Morgan fingerprint density at radius 3 is 1.97 bits per heavy atom. The number of carbonyl (C=O) groups excluding carboxylic acids is 1. The molecule has 0 aliphatic heterocycles. The number of amides is 1. The molecule has 0 aliphatic carbocycles. The molecule has 0 atom stereocenters. The summed E-state index contributed by atoms with van der Waals surface area (Å²) < 4.78 is 11.6. The molecule has 3 aromatic carbocycles. The first-order valence-corrected chi connectivity index (χ1v) is 12.3. The van der Waals surface area contributed by atoms with Crippen LogP contribution in [0.25, 0.3) is 0 Å². The van der Waals surface area contributed by atoms with Gasteiger partial charge < -0.3 is 20.1 Å². The zero-order valence-electron chi connectivity index (χ0n) is 20.1. The summed E-state index contributed by atoms with van der Waals surface area (Å²) in [6.45, 7) is 3.79. The minimum atomic E-state index is -0.102. The summed E-state index contributed by atoms with van der Waals surface area (Å²) in [5, 5.41) is 6.05. The fourth-order valence-corrected chi connectivity index (χ4v) is 3.52. The fraction of sp³-hybridized carbons (Fsp3) is 0.345. The lowest BCUT2D eigenvalue weighted by Crippen LogP contribution is -2.21. The second kappa shape index (κ2) is 14.6. The zero-order chi connectivity index (χ0) is 23.8. The van der Waals surface area contributed by atoms with Gasteiger partial charge >= 0.3 is 0 Å². The number of carbonyl (C=O) groups is 1. The highest BCUT2D eigenvalue weighted by molar-refractivity contribution is 5.93. The van der Waals surface area contributed by atoms with E-state index in [4.69, 9.17) is 9.47 Å². The molecule has 5 heteroatoms. The predicted molar refractivity (Wildman–Crippen MR) is 140 cm³/mol. The minimum Gasteiger partial charge on any atom is -0.494 e. The second-order valence-electron chi connectivity index (χ2n) is 8.30. The van der Waals surface area contributed by atoms with Gasteiger partial charge in [0.2, 0.25) is 5.91 Å². The molecule has 0 bridgehead atoms. The maximum Gasteiger partial charge on any atom is 0.243 e. The molecule has 0 radical (unpaired) electrons. The molecule has 5 nitrogen and oxygen atoms in total. The van der Waals surface area contributed by atoms with Crippen molar-refractivity contribution in [2.75, 3.05) is 30.4 Å². The smallest absolute Gasteiger partial charge is 0.243 e. The van der Waals surface area contributed by atoms with E-state index in [2.05, 4.69) is 41.8 Å². The Morgan fingerprint density at radius 2 is 1.32 bits per heavy atom. The maximum absolute atomic E-state index is 12.3. The highest BCUT2D eigenvalue weighted by atomic mass is 16.5. The summed E-state index contributed by atoms with van der Waals surface area (Å²) in [4.78, 5) is 12.3. The lowest BCUT2D eigenvalue weighted by atomic mass is 10.1. The first kappa shape index (κ1) is 25.2. The van der Waals surface area contributed by atoms with Crippen molar-refractivity contribution in [1.29, 1.82) is 0 Å². The molecule has 3 rings (SSSR count). The Balaban J connectivity index is 1.31. The normalized spacial score (nSPS) is 10.5. The first-order chi connectivity index (χ1) is 16.7. The summed E-state index contributed by atoms with van der Waals surface area (Å²) in [5.41, 5.74) is 2.95. The standard InChI is InChI=1S/C29H36N2O3/c1-2-3-4-8-21-33-28-19-15-26(16-20-28)31-29(32)23-30-25-13-17-27(18-14-25)34-22-9-12-24-10-6-5-7-11-24/h5-7,10-11,13-20,30H,2-4,8-9,12,21-23H2,1H3,(H,31,32). The number of rotatable bonds is 15. The van der Waals surface area contributed by atoms with E-state index in [1.807, 2.05) is 54.6 Å². The van der Waals surface area contributed by atoms with Crippen LogP contribution in [-0.2, 0) is 11.2 Å². The Labute approximate surface area is 203 Å². The van der Waals surface area contributed by atoms with Crippen molar-refractivity contribution in [3.63, 3.8) is 0 Å². The fourth-order valence-electron chi connectivity index (χ4n) is 3.52. The summed E-state index contributed by atoms with van der Waals surface area (Å²) in [6.07, 6.45) is 6.70. The quantitative estimate of drug-likeness (QED) is 0.248. The van der Waals surface area contributed by atoms with Crippen molar-refractivity contribution in [2.24, 2.45) is 0 Å². The summed E-state index contributed by atoms with van der Waals surface area (Å²) in [5.74, 6) is 1.56. The van der Waals surface area contributed by atoms with Crippen molar-refractivity contribution in [3.05, 3.63) is 84.4 Å². The molecule has 0 spiro atoms. The van der Waals surface area contributed by atoms with Crippen LogP contribution in [0.2, 0.25) is 0 Å². The van der Waals surface area contributed by atoms with E-state index in [1.165, 1.54) is 24.8 Å². The summed E-state index contributed by atoms with van der Waals surface area (Å²) >= 11 is 0. The van der Waals surface area contributed by atoms with Gasteiger partial charge in [0.1, 0.15) is 11.5 Å². The van der Waals surface area contributed by atoms with Gasteiger partial charge in [0, 0.05) is 11.4 Å². The second-order valence-corrected chi connectivity index (χ2v) is 8.30. The molecule has 180 valence electrons. The molecule has 0 aliphatic rings. The number of hydrogen-bond acceptors (Lipinski definition) is 4. The highest BCUT2D eigenvalue weighted by Gasteiger charge is 2.04. The Hall–Kier alpha value is -3.47. The van der Waals surface area contributed by atoms with E-state index >= 15 is 0 Å². The molecule has 0 saturated carbocycles. The molecule has 0 fully saturated rings. The predicted octanol–water partition coefficient (Wildman–Crippen LogP) is 6.71. The van der Waals surface area contributed by atoms with Crippen molar-refractivity contribution in [1.82, 2.24) is 0 Å². The van der Waals surface area contributed by atoms with E-state index in [9.17, 15) is 4.79 Å². The van der Waals surface area contributed by atoms with Gasteiger partial charge in [0.05, 0.1) is 19.8 Å². The molecule has 3 aromatic rings. The number of nitrogens with one attached hydrogen (secondary N) is 2. The van der Waals surface area contributed by atoms with Gasteiger partial charge in [-0.15, -0.1) is 0 Å². The maximum atomic E-state index is 12.3. The third-order valence-electron chi connectivity index (χ3n) is 5.43. The van der Waals surface area contributed by atoms with Gasteiger partial charge in [-0.05, 0) is 73.4 Å². The molecule has 0 unspecified atom stereocenters. The summed E-state index contributed by atoms with van der Waals surface area (Å²) in [6, 6.07) is 25.6. The summed E-state index contributed by atoms with van der Waals surface area (Å²) in [7, 11) is 0. The molecule has 2 N–H and O–H groups in total. The minimum absolute atomic E-state index is 0.102. The first-order valence-electron chi connectivity index (χ1n) is 12.3. The Kier molecular flexibility index (Phi) is 10.8. The van der Waals surface area contributed by atoms with Crippen LogP contribution in [0.3, 0.4) is 0 Å². The number of anilines is 2. The van der Waals surface area contributed by atoms with Crippen molar-refractivity contribution < 1.29 is 14.3 Å². The monoisotopic (exact) mass is 460 g/mol. The lowest BCUT2D eigenvalue weighted by molar-refractivity contribution is -0.114. The lowest BCUT2D eigenvalue weighted by Gasteiger charge is -2.10. The zero-order valence-corrected chi connectivity index (χ0v) is 20.1. The number of aryl methyl sites for hydroxylation is 1. The van der Waals surface area contributed by atoms with Crippen LogP contribution >= 0.6 is 0 Å². The van der Waals surface area contributed by atoms with Crippen molar-refractivity contribution in [3.8, 4) is 11.5 Å². The van der Waals surface area contributed by atoms with E-state index in [0.717, 1.165) is 48.7 Å². The molecule has 1 amide bonds. The van der Waals surface area contributed by atoms with E-state index in [-0.39, 0.29) is 12.5 Å². The average molecular weight is 461 g/mol. The third kappa shape index (κ3) is 9.57. The highest BCUT2D eigenvalue weighted by Crippen LogP contribution is 2.18. The SMILES string of the molecule is CCCCCCOc1ccc(NC(=O)CNc2ccc(OCCCc3ccccc3)cc2)cc1. The molecular weight excluding hydrogens is 424 g/mol. The number of hydrogen-bond donors (Lipinski definition) is 2. The van der Waals surface area contributed by atoms with Crippen LogP contribution in [0, 0.1) is 0 Å². The molecule has 0 aromatic heterocycles. The van der Waals surface area contributed by atoms with E-state index < -0.39 is 0 Å². The van der Waals surface area contributed by atoms with Crippen molar-refractivity contribution >= 4 is 17.3 Å². The average Bonchev–Trinajstić information content (AvgIpc) is 2.87. The number of unbranched alkanes of at least 4 members (excludes halogenated alkanes) is 3. The van der Waals surface area contributed by atoms with Gasteiger partial charge in [0.25, 0.3) is 0 Å². The Bertz CT molecular complexity index is 957. The topological polar surface area (TPSA) is 59.6 Å². The van der Waals surface area contributed by atoms with Crippen LogP contribution in [-0.4, -0.2) is 25.7 Å². The van der Waals surface area contributed by atoms with Crippen LogP contribution in [0.1, 0.15) is 44.6 Å². The molecular formula is C29H36N2O3. The van der Waals surface area contributed by atoms with Crippen LogP contribution in [0.15, 0.2) is 78.9 Å². The number of ether oxygens (including phenoxy) is 2. The van der Waals surface area contributed by atoms with Gasteiger partial charge in [-0.3, -0.25) is 4.79 Å². The third-order valence-corrected chi connectivity index (χ3v) is 5.43. The van der Waals surface area contributed by atoms with E-state index in [1.54, 1.807) is 0 Å². The van der Waals surface area contributed by atoms with Crippen molar-refractivity contribution in [2.45, 2.75) is 45.4 Å². The Morgan fingerprint density at radius 1 is 0.706 bits per heavy atom. The van der Waals surface area contributed by atoms with Gasteiger partial charge in [-0.25, -0.2) is 0 Å². The molecule has 0 heterocycles. The van der Waals surface area contributed by atoms with Crippen LogP contribution < -0.4 is 20.1 Å². The molecule has 34 heavy (non-hydrogen) atoms. The van der Waals surface area contributed by atoms with Gasteiger partial charge in [-0.1, -0.05) is 56.5 Å². The molecule has 0 saturated heterocycles. The van der Waals surface area contributed by atoms with Crippen LogP contribution in [0.4, 0.5) is 11.4 Å². The van der Waals surface area contributed by atoms with Gasteiger partial charge in [0.15, 0.2) is 0 Å². The van der Waals surface area contributed by atoms with E-state index in [0.29, 0.717) is 6.61 Å². The van der Waals surface area contributed by atoms with Crippen LogP contribution in [0.5, 0.6) is 11.5 Å². The largest absolute Gasteiger partial charge is 0.494 e.